The van der Waals surface area contributed by atoms with Gasteiger partial charge in [-0.15, -0.1) is 11.3 Å². The lowest BCUT2D eigenvalue weighted by atomic mass is 10.2. The summed E-state index contributed by atoms with van der Waals surface area (Å²) in [6.45, 7) is 0. The molecule has 94 valence electrons. The maximum absolute atomic E-state index is 11.8. The van der Waals surface area contributed by atoms with Gasteiger partial charge < -0.3 is 10.1 Å². The normalized spacial score (nSPS) is 10.1. The Balaban J connectivity index is 1.94. The van der Waals surface area contributed by atoms with Gasteiger partial charge in [0.05, 0.1) is 17.3 Å². The van der Waals surface area contributed by atoms with Crippen molar-refractivity contribution >= 4 is 38.9 Å². The third-order valence-corrected chi connectivity index (χ3v) is 3.96. The number of rotatable bonds is 4. The number of benzene rings is 1. The van der Waals surface area contributed by atoms with Crippen molar-refractivity contribution in [1.82, 2.24) is 0 Å². The zero-order valence-corrected chi connectivity index (χ0v) is 12.2. The van der Waals surface area contributed by atoms with Crippen molar-refractivity contribution in [2.24, 2.45) is 0 Å². The van der Waals surface area contributed by atoms with Gasteiger partial charge in [0, 0.05) is 10.6 Å². The van der Waals surface area contributed by atoms with Gasteiger partial charge in [-0.3, -0.25) is 4.79 Å². The molecule has 0 saturated heterocycles. The number of anilines is 1. The zero-order valence-electron chi connectivity index (χ0n) is 9.77. The quantitative estimate of drug-likeness (QED) is 0.930. The van der Waals surface area contributed by atoms with Gasteiger partial charge in [0.1, 0.15) is 5.75 Å². The van der Waals surface area contributed by atoms with Crippen LogP contribution in [-0.4, -0.2) is 13.0 Å². The van der Waals surface area contributed by atoms with Crippen LogP contribution >= 0.6 is 27.3 Å². The summed E-state index contributed by atoms with van der Waals surface area (Å²) in [6, 6.07) is 11.2. The number of carbonyl (C=O) groups excluding carboxylic acids is 1. The Morgan fingerprint density at radius 2 is 2.00 bits per heavy atom. The second-order valence-electron chi connectivity index (χ2n) is 3.66. The summed E-state index contributed by atoms with van der Waals surface area (Å²) < 4.78 is 6.09. The minimum atomic E-state index is -0.0190. The maximum Gasteiger partial charge on any atom is 0.229 e. The molecule has 3 nitrogen and oxygen atoms in total. The van der Waals surface area contributed by atoms with E-state index in [1.807, 2.05) is 36.4 Å². The highest BCUT2D eigenvalue weighted by molar-refractivity contribution is 9.11. The molecule has 0 bridgehead atoms. The molecule has 0 saturated carbocycles. The van der Waals surface area contributed by atoms with E-state index >= 15 is 0 Å². The molecular weight excluding hydrogens is 314 g/mol. The third-order valence-electron chi connectivity index (χ3n) is 2.34. The van der Waals surface area contributed by atoms with Crippen molar-refractivity contribution < 1.29 is 9.53 Å². The number of ether oxygens (including phenoxy) is 1. The van der Waals surface area contributed by atoms with E-state index in [1.54, 1.807) is 18.4 Å². The predicted molar refractivity (Wildman–Crippen MR) is 77.3 cm³/mol. The van der Waals surface area contributed by atoms with Gasteiger partial charge in [0.25, 0.3) is 0 Å². The van der Waals surface area contributed by atoms with Crippen LogP contribution in [0.5, 0.6) is 5.75 Å². The highest BCUT2D eigenvalue weighted by atomic mass is 79.9. The van der Waals surface area contributed by atoms with Gasteiger partial charge in [-0.05, 0) is 52.3 Å². The van der Waals surface area contributed by atoms with Crippen LogP contribution in [0.15, 0.2) is 40.2 Å². The highest BCUT2D eigenvalue weighted by Gasteiger charge is 2.06. The monoisotopic (exact) mass is 325 g/mol. The van der Waals surface area contributed by atoms with Crippen molar-refractivity contribution in [2.45, 2.75) is 6.42 Å². The van der Waals surface area contributed by atoms with Crippen LogP contribution in [0, 0.1) is 0 Å². The first-order valence-corrected chi connectivity index (χ1v) is 6.96. The van der Waals surface area contributed by atoms with E-state index in [1.165, 1.54) is 0 Å². The lowest BCUT2D eigenvalue weighted by Gasteiger charge is -2.05. The van der Waals surface area contributed by atoms with Gasteiger partial charge in [-0.1, -0.05) is 0 Å². The van der Waals surface area contributed by atoms with E-state index in [0.29, 0.717) is 6.42 Å². The molecule has 1 heterocycles. The molecule has 5 heteroatoms. The predicted octanol–water partition coefficient (Wildman–Crippen LogP) is 3.70. The summed E-state index contributed by atoms with van der Waals surface area (Å²) in [7, 11) is 1.61. The Morgan fingerprint density at radius 3 is 2.56 bits per heavy atom. The number of thiophene rings is 1. The van der Waals surface area contributed by atoms with Gasteiger partial charge in [0.2, 0.25) is 5.91 Å². The molecule has 18 heavy (non-hydrogen) atoms. The van der Waals surface area contributed by atoms with Crippen LogP contribution < -0.4 is 10.1 Å². The molecule has 0 fully saturated rings. The van der Waals surface area contributed by atoms with Crippen molar-refractivity contribution in [1.29, 1.82) is 0 Å². The Hall–Kier alpha value is -1.33. The summed E-state index contributed by atoms with van der Waals surface area (Å²) in [5.41, 5.74) is 0.774. The highest BCUT2D eigenvalue weighted by Crippen LogP contribution is 2.23. The summed E-state index contributed by atoms with van der Waals surface area (Å²) in [4.78, 5) is 12.8. The Kier molecular flexibility index (Phi) is 4.38. The Bertz CT molecular complexity index is 536. The number of amides is 1. The first-order chi connectivity index (χ1) is 8.67. The molecule has 0 aliphatic rings. The summed E-state index contributed by atoms with van der Waals surface area (Å²) in [5, 5.41) is 2.85. The molecule has 0 aliphatic heterocycles. The lowest BCUT2D eigenvalue weighted by molar-refractivity contribution is -0.115. The largest absolute Gasteiger partial charge is 0.497 e. The second kappa shape index (κ2) is 6.02. The van der Waals surface area contributed by atoms with E-state index < -0.39 is 0 Å². The number of carbonyl (C=O) groups is 1. The third kappa shape index (κ3) is 3.58. The number of nitrogens with one attached hydrogen (secondary N) is 1. The van der Waals surface area contributed by atoms with E-state index in [-0.39, 0.29) is 5.91 Å². The smallest absolute Gasteiger partial charge is 0.229 e. The average molecular weight is 326 g/mol. The van der Waals surface area contributed by atoms with Crippen LogP contribution in [0.3, 0.4) is 0 Å². The average Bonchev–Trinajstić information content (AvgIpc) is 2.75. The van der Waals surface area contributed by atoms with E-state index in [2.05, 4.69) is 21.2 Å². The molecule has 1 aromatic carbocycles. The SMILES string of the molecule is COc1ccc(NC(=O)Cc2ccc(Br)s2)cc1. The van der Waals surface area contributed by atoms with Crippen LogP contribution in [0.4, 0.5) is 5.69 Å². The van der Waals surface area contributed by atoms with Gasteiger partial charge in [0.15, 0.2) is 0 Å². The number of halogens is 1. The van der Waals surface area contributed by atoms with Crippen molar-refractivity contribution in [3.63, 3.8) is 0 Å². The summed E-state index contributed by atoms with van der Waals surface area (Å²) >= 11 is 4.95. The van der Waals surface area contributed by atoms with Crippen molar-refractivity contribution in [2.75, 3.05) is 12.4 Å². The lowest BCUT2D eigenvalue weighted by Crippen LogP contribution is -2.13. The Morgan fingerprint density at radius 1 is 1.28 bits per heavy atom. The molecule has 0 aliphatic carbocycles. The molecule has 1 aromatic heterocycles. The maximum atomic E-state index is 11.8. The molecule has 1 N–H and O–H groups in total. The topological polar surface area (TPSA) is 38.3 Å². The summed E-state index contributed by atoms with van der Waals surface area (Å²) in [6.07, 6.45) is 0.391. The number of hydrogen-bond acceptors (Lipinski definition) is 3. The van der Waals surface area contributed by atoms with Crippen LogP contribution in [0.2, 0.25) is 0 Å². The van der Waals surface area contributed by atoms with E-state index in [0.717, 1.165) is 20.1 Å². The fourth-order valence-electron chi connectivity index (χ4n) is 1.48. The summed E-state index contributed by atoms with van der Waals surface area (Å²) in [5.74, 6) is 0.754. The molecule has 0 unspecified atom stereocenters. The molecular formula is C13H12BrNO2S. The van der Waals surface area contributed by atoms with Gasteiger partial charge in [-0.2, -0.15) is 0 Å². The minimum absolute atomic E-state index is 0.0190. The molecule has 1 amide bonds. The van der Waals surface area contributed by atoms with Crippen molar-refractivity contribution in [3.8, 4) is 5.75 Å². The van der Waals surface area contributed by atoms with Gasteiger partial charge in [-0.25, -0.2) is 0 Å². The first-order valence-electron chi connectivity index (χ1n) is 5.35. The van der Waals surface area contributed by atoms with E-state index in [9.17, 15) is 4.79 Å². The van der Waals surface area contributed by atoms with E-state index in [4.69, 9.17) is 4.74 Å². The zero-order chi connectivity index (χ0) is 13.0. The van der Waals surface area contributed by atoms with Crippen molar-refractivity contribution in [3.05, 3.63) is 45.1 Å². The Labute approximate surface area is 118 Å². The van der Waals surface area contributed by atoms with Crippen LogP contribution in [0.1, 0.15) is 4.88 Å². The molecule has 0 atom stereocenters. The molecule has 2 rings (SSSR count). The number of methoxy groups -OCH3 is 1. The second-order valence-corrected chi connectivity index (χ2v) is 6.21. The fraction of sp³-hybridized carbons (Fsp3) is 0.154. The fourth-order valence-corrected chi connectivity index (χ4v) is 2.97. The van der Waals surface area contributed by atoms with Crippen LogP contribution in [-0.2, 0) is 11.2 Å². The standard InChI is InChI=1S/C13H12BrNO2S/c1-17-10-4-2-9(3-5-10)15-13(16)8-11-6-7-12(14)18-11/h2-7H,8H2,1H3,(H,15,16). The molecule has 0 radical (unpaired) electrons. The first kappa shape index (κ1) is 13.1. The minimum Gasteiger partial charge on any atom is -0.497 e. The number of hydrogen-bond donors (Lipinski definition) is 1. The molecule has 2 aromatic rings. The van der Waals surface area contributed by atoms with Gasteiger partial charge >= 0.3 is 0 Å². The van der Waals surface area contributed by atoms with Crippen LogP contribution in [0.25, 0.3) is 0 Å². The molecule has 0 spiro atoms.